The van der Waals surface area contributed by atoms with Crippen molar-refractivity contribution in [2.24, 2.45) is 5.92 Å². The maximum atomic E-state index is 13.7. The van der Waals surface area contributed by atoms with Crippen LogP contribution in [-0.4, -0.2) is 13.1 Å². The number of piperidine rings is 1. The van der Waals surface area contributed by atoms with Crippen LogP contribution >= 0.6 is 15.9 Å². The van der Waals surface area contributed by atoms with E-state index in [0.29, 0.717) is 6.42 Å². The van der Waals surface area contributed by atoms with Gasteiger partial charge in [0.2, 0.25) is 0 Å². The van der Waals surface area contributed by atoms with Gasteiger partial charge in [-0.05, 0) is 65.8 Å². The highest BCUT2D eigenvalue weighted by Gasteiger charge is 2.20. The van der Waals surface area contributed by atoms with Crippen molar-refractivity contribution in [2.75, 3.05) is 13.1 Å². The molecule has 2 rings (SSSR count). The Morgan fingerprint density at radius 3 is 2.71 bits per heavy atom. The third-order valence-corrected chi connectivity index (χ3v) is 3.78. The smallest absolute Gasteiger partial charge is 0.175 e. The minimum Gasteiger partial charge on any atom is -0.316 e. The van der Waals surface area contributed by atoms with Crippen molar-refractivity contribution in [3.8, 4) is 0 Å². The number of halogens is 4. The quantitative estimate of drug-likeness (QED) is 0.652. The molecule has 1 nitrogen and oxygen atoms in total. The third-order valence-electron chi connectivity index (χ3n) is 3.09. The van der Waals surface area contributed by atoms with E-state index in [2.05, 4.69) is 21.2 Å². The normalized spacial score (nSPS) is 20.6. The summed E-state index contributed by atoms with van der Waals surface area (Å²) in [6.07, 6.45) is 2.47. The van der Waals surface area contributed by atoms with E-state index in [0.717, 1.165) is 32.0 Å². The summed E-state index contributed by atoms with van der Waals surface area (Å²) in [5, 5.41) is 3.21. The van der Waals surface area contributed by atoms with Gasteiger partial charge in [0, 0.05) is 0 Å². The zero-order valence-corrected chi connectivity index (χ0v) is 10.8. The molecule has 0 aliphatic carbocycles. The van der Waals surface area contributed by atoms with Crippen LogP contribution in [0, 0.1) is 23.4 Å². The molecule has 1 atom stereocenters. The fourth-order valence-corrected chi connectivity index (χ4v) is 2.62. The summed E-state index contributed by atoms with van der Waals surface area (Å²) in [6.45, 7) is 1.77. The second-order valence-corrected chi connectivity index (χ2v) is 5.17. The zero-order valence-electron chi connectivity index (χ0n) is 9.20. The van der Waals surface area contributed by atoms with Gasteiger partial charge in [0.25, 0.3) is 0 Å². The minimum absolute atomic E-state index is 0.240. The van der Waals surface area contributed by atoms with Crippen LogP contribution in [0.25, 0.3) is 0 Å². The lowest BCUT2D eigenvalue weighted by Crippen LogP contribution is -2.31. The second kappa shape index (κ2) is 5.40. The van der Waals surface area contributed by atoms with Crippen molar-refractivity contribution in [1.29, 1.82) is 0 Å². The van der Waals surface area contributed by atoms with Crippen LogP contribution in [0.1, 0.15) is 18.4 Å². The molecule has 1 aromatic rings. The maximum Gasteiger partial charge on any atom is 0.175 e. The summed E-state index contributed by atoms with van der Waals surface area (Å²) in [7, 11) is 0. The zero-order chi connectivity index (χ0) is 12.4. The molecule has 0 radical (unpaired) electrons. The number of benzene rings is 1. The minimum atomic E-state index is -1.16. The van der Waals surface area contributed by atoms with E-state index in [1.54, 1.807) is 0 Å². The first-order valence-electron chi connectivity index (χ1n) is 5.62. The number of nitrogens with one attached hydrogen (secondary N) is 1. The van der Waals surface area contributed by atoms with Gasteiger partial charge in [0.1, 0.15) is 5.82 Å². The van der Waals surface area contributed by atoms with E-state index in [9.17, 15) is 13.2 Å². The van der Waals surface area contributed by atoms with Gasteiger partial charge >= 0.3 is 0 Å². The predicted octanol–water partition coefficient (Wildman–Crippen LogP) is 3.41. The highest BCUT2D eigenvalue weighted by Crippen LogP contribution is 2.27. The molecule has 1 unspecified atom stereocenters. The summed E-state index contributed by atoms with van der Waals surface area (Å²) < 4.78 is 39.6. The summed E-state index contributed by atoms with van der Waals surface area (Å²) in [6, 6.07) is 0.962. The predicted molar refractivity (Wildman–Crippen MR) is 63.3 cm³/mol. The van der Waals surface area contributed by atoms with E-state index < -0.39 is 21.9 Å². The van der Waals surface area contributed by atoms with Crippen molar-refractivity contribution >= 4 is 15.9 Å². The lowest BCUT2D eigenvalue weighted by Gasteiger charge is -2.23. The lowest BCUT2D eigenvalue weighted by atomic mass is 9.92. The molecule has 0 amide bonds. The molecule has 94 valence electrons. The van der Waals surface area contributed by atoms with Crippen LogP contribution in [0.4, 0.5) is 13.2 Å². The van der Waals surface area contributed by atoms with Crippen molar-refractivity contribution in [1.82, 2.24) is 5.32 Å². The van der Waals surface area contributed by atoms with Gasteiger partial charge in [-0.25, -0.2) is 13.2 Å². The Labute approximate surface area is 107 Å². The van der Waals surface area contributed by atoms with Crippen LogP contribution < -0.4 is 5.32 Å². The molecule has 1 heterocycles. The van der Waals surface area contributed by atoms with Crippen LogP contribution in [0.2, 0.25) is 0 Å². The van der Waals surface area contributed by atoms with Crippen LogP contribution in [0.3, 0.4) is 0 Å². The van der Waals surface area contributed by atoms with Gasteiger partial charge in [0.05, 0.1) is 4.47 Å². The van der Waals surface area contributed by atoms with Gasteiger partial charge in [-0.15, -0.1) is 0 Å². The molecule has 1 aliphatic rings. The molecule has 1 saturated heterocycles. The molecule has 1 N–H and O–H groups in total. The molecule has 1 fully saturated rings. The van der Waals surface area contributed by atoms with Crippen LogP contribution in [0.5, 0.6) is 0 Å². The average molecular weight is 308 g/mol. The van der Waals surface area contributed by atoms with Crippen molar-refractivity contribution in [2.45, 2.75) is 19.3 Å². The van der Waals surface area contributed by atoms with E-state index in [1.165, 1.54) is 0 Å². The topological polar surface area (TPSA) is 12.0 Å². The summed E-state index contributed by atoms with van der Waals surface area (Å²) in [5.41, 5.74) is 0.240. The Bertz CT molecular complexity index is 417. The maximum absolute atomic E-state index is 13.7. The van der Waals surface area contributed by atoms with Crippen molar-refractivity contribution in [3.05, 3.63) is 33.6 Å². The Kier molecular flexibility index (Phi) is 4.09. The van der Waals surface area contributed by atoms with E-state index in [1.807, 2.05) is 0 Å². The first-order valence-corrected chi connectivity index (χ1v) is 6.41. The van der Waals surface area contributed by atoms with E-state index in [4.69, 9.17) is 0 Å². The lowest BCUT2D eigenvalue weighted by molar-refractivity contribution is 0.369. The molecule has 0 spiro atoms. The Balaban J connectivity index is 2.20. The molecular formula is C12H13BrF3N. The molecule has 5 heteroatoms. The van der Waals surface area contributed by atoms with E-state index in [-0.39, 0.29) is 11.5 Å². The number of hydrogen-bond donors (Lipinski definition) is 1. The van der Waals surface area contributed by atoms with E-state index >= 15 is 0 Å². The Morgan fingerprint density at radius 1 is 1.29 bits per heavy atom. The molecule has 0 aromatic heterocycles. The summed E-state index contributed by atoms with van der Waals surface area (Å²) in [5.74, 6) is -2.56. The summed E-state index contributed by atoms with van der Waals surface area (Å²) in [4.78, 5) is 0. The largest absolute Gasteiger partial charge is 0.316 e. The molecule has 0 bridgehead atoms. The highest BCUT2D eigenvalue weighted by molar-refractivity contribution is 9.10. The molecule has 1 aliphatic heterocycles. The SMILES string of the molecule is Fc1cc(CC2CCCNC2)c(F)c(Br)c1F. The standard InChI is InChI=1S/C12H13BrF3N/c13-10-11(15)8(5-9(14)12(10)16)4-7-2-1-3-17-6-7/h5,7,17H,1-4,6H2. The van der Waals surface area contributed by atoms with Crippen LogP contribution in [0.15, 0.2) is 10.5 Å². The third kappa shape index (κ3) is 2.83. The van der Waals surface area contributed by atoms with Gasteiger partial charge in [0.15, 0.2) is 11.6 Å². The van der Waals surface area contributed by atoms with Gasteiger partial charge < -0.3 is 5.32 Å². The molecule has 1 aromatic carbocycles. The van der Waals surface area contributed by atoms with Crippen molar-refractivity contribution in [3.63, 3.8) is 0 Å². The fourth-order valence-electron chi connectivity index (χ4n) is 2.18. The molecular weight excluding hydrogens is 295 g/mol. The number of hydrogen-bond acceptors (Lipinski definition) is 1. The van der Waals surface area contributed by atoms with Gasteiger partial charge in [-0.3, -0.25) is 0 Å². The van der Waals surface area contributed by atoms with Gasteiger partial charge in [-0.2, -0.15) is 0 Å². The molecule has 0 saturated carbocycles. The summed E-state index contributed by atoms with van der Waals surface area (Å²) >= 11 is 2.74. The van der Waals surface area contributed by atoms with Crippen molar-refractivity contribution < 1.29 is 13.2 Å². The number of rotatable bonds is 2. The first-order chi connectivity index (χ1) is 8.09. The average Bonchev–Trinajstić information content (AvgIpc) is 2.35. The Hall–Kier alpha value is -0.550. The molecule has 17 heavy (non-hydrogen) atoms. The van der Waals surface area contributed by atoms with Gasteiger partial charge in [-0.1, -0.05) is 0 Å². The monoisotopic (exact) mass is 307 g/mol. The fraction of sp³-hybridized carbons (Fsp3) is 0.500. The second-order valence-electron chi connectivity index (χ2n) is 4.38. The van der Waals surface area contributed by atoms with Crippen LogP contribution in [-0.2, 0) is 6.42 Å². The highest BCUT2D eigenvalue weighted by atomic mass is 79.9. The Morgan fingerprint density at radius 2 is 2.06 bits per heavy atom. The first kappa shape index (κ1) is 12.9.